The molecule has 1 aromatic carbocycles. The molecule has 1 unspecified atom stereocenters. The first-order valence-electron chi connectivity index (χ1n) is 8.86. The third kappa shape index (κ3) is 4.87. The number of nitrogens with zero attached hydrogens (tertiary/aromatic N) is 3. The summed E-state index contributed by atoms with van der Waals surface area (Å²) in [4.78, 5) is 8.25. The lowest BCUT2D eigenvalue weighted by Crippen LogP contribution is -2.49. The van der Waals surface area contributed by atoms with Crippen LogP contribution in [0.1, 0.15) is 24.5 Å². The Bertz CT molecular complexity index is 615. The van der Waals surface area contributed by atoms with Gasteiger partial charge >= 0.3 is 6.18 Å². The molecule has 3 rings (SSSR count). The molecule has 0 aliphatic carbocycles. The molecule has 1 saturated heterocycles. The van der Waals surface area contributed by atoms with Gasteiger partial charge in [0, 0.05) is 38.8 Å². The Labute approximate surface area is 146 Å². The summed E-state index contributed by atoms with van der Waals surface area (Å²) in [5.41, 5.74) is 2.66. The molecule has 138 valence electrons. The topological polar surface area (TPSA) is 30.9 Å². The first-order valence-corrected chi connectivity index (χ1v) is 8.86. The van der Waals surface area contributed by atoms with E-state index in [9.17, 15) is 13.2 Å². The summed E-state index contributed by atoms with van der Waals surface area (Å²) in [6.45, 7) is 4.35. The Morgan fingerprint density at radius 3 is 2.72 bits per heavy atom. The summed E-state index contributed by atoms with van der Waals surface area (Å²) in [6.07, 6.45) is -2.46. The summed E-state index contributed by atoms with van der Waals surface area (Å²) in [7, 11) is 0. The molecule has 2 heterocycles. The molecule has 25 heavy (non-hydrogen) atoms. The number of likely N-dealkylation sites (tertiary alicyclic amines) is 1. The number of fused-ring (bicyclic) bond motifs is 1. The lowest BCUT2D eigenvalue weighted by molar-refractivity contribution is -0.143. The lowest BCUT2D eigenvalue weighted by Gasteiger charge is -2.33. The van der Waals surface area contributed by atoms with E-state index in [0.717, 1.165) is 25.5 Å². The largest absolute Gasteiger partial charge is 0.401 e. The predicted octanol–water partition coefficient (Wildman–Crippen LogP) is 2.65. The van der Waals surface area contributed by atoms with E-state index in [1.807, 2.05) is 13.0 Å². The highest BCUT2D eigenvalue weighted by Gasteiger charge is 2.35. The van der Waals surface area contributed by atoms with Gasteiger partial charge in [-0.2, -0.15) is 13.2 Å². The molecule has 1 fully saturated rings. The van der Waals surface area contributed by atoms with Crippen molar-refractivity contribution < 1.29 is 13.2 Å². The number of guanidine groups is 1. The van der Waals surface area contributed by atoms with Crippen molar-refractivity contribution >= 4 is 5.96 Å². The van der Waals surface area contributed by atoms with Crippen molar-refractivity contribution in [2.24, 2.45) is 4.99 Å². The number of halogens is 3. The second-order valence-electron chi connectivity index (χ2n) is 6.72. The molecule has 0 aromatic heterocycles. The van der Waals surface area contributed by atoms with Crippen LogP contribution >= 0.6 is 0 Å². The highest BCUT2D eigenvalue weighted by molar-refractivity contribution is 5.80. The maximum Gasteiger partial charge on any atom is 0.401 e. The zero-order valence-corrected chi connectivity index (χ0v) is 14.5. The second-order valence-corrected chi connectivity index (χ2v) is 6.72. The van der Waals surface area contributed by atoms with Gasteiger partial charge in [-0.05, 0) is 30.9 Å². The van der Waals surface area contributed by atoms with Gasteiger partial charge in [0.1, 0.15) is 0 Å². The van der Waals surface area contributed by atoms with Gasteiger partial charge in [0.25, 0.3) is 0 Å². The molecule has 0 spiro atoms. The predicted molar refractivity (Wildman–Crippen MR) is 92.6 cm³/mol. The lowest BCUT2D eigenvalue weighted by atomic mass is 10.0. The highest BCUT2D eigenvalue weighted by atomic mass is 19.4. The van der Waals surface area contributed by atoms with Crippen molar-refractivity contribution in [1.29, 1.82) is 0 Å². The van der Waals surface area contributed by atoms with Crippen molar-refractivity contribution in [3.63, 3.8) is 0 Å². The van der Waals surface area contributed by atoms with E-state index in [2.05, 4.69) is 33.4 Å². The molecule has 0 bridgehead atoms. The number of alkyl halides is 3. The normalized spacial score (nSPS) is 22.2. The summed E-state index contributed by atoms with van der Waals surface area (Å²) in [5.74, 6) is 0.816. The van der Waals surface area contributed by atoms with Gasteiger partial charge in [-0.1, -0.05) is 24.3 Å². The van der Waals surface area contributed by atoms with E-state index >= 15 is 0 Å². The van der Waals surface area contributed by atoms with E-state index in [1.165, 1.54) is 16.0 Å². The fourth-order valence-electron chi connectivity index (χ4n) is 3.59. The Morgan fingerprint density at radius 1 is 1.24 bits per heavy atom. The Morgan fingerprint density at radius 2 is 2.00 bits per heavy atom. The number of benzene rings is 1. The Hall–Kier alpha value is -1.76. The molecule has 2 aliphatic heterocycles. The average Bonchev–Trinajstić information content (AvgIpc) is 2.99. The van der Waals surface area contributed by atoms with Gasteiger partial charge in [-0.15, -0.1) is 0 Å². The highest BCUT2D eigenvalue weighted by Crippen LogP contribution is 2.21. The van der Waals surface area contributed by atoms with Gasteiger partial charge < -0.3 is 10.2 Å². The van der Waals surface area contributed by atoms with Crippen LogP contribution in [0.25, 0.3) is 0 Å². The molecular weight excluding hydrogens is 329 g/mol. The van der Waals surface area contributed by atoms with Crippen molar-refractivity contribution in [1.82, 2.24) is 15.1 Å². The molecule has 0 amide bonds. The van der Waals surface area contributed by atoms with Crippen LogP contribution in [-0.2, 0) is 13.0 Å². The maximum absolute atomic E-state index is 12.6. The van der Waals surface area contributed by atoms with Gasteiger partial charge in [-0.3, -0.25) is 9.89 Å². The molecule has 0 radical (unpaired) electrons. The van der Waals surface area contributed by atoms with Gasteiger partial charge in [-0.25, -0.2) is 0 Å². The zero-order valence-electron chi connectivity index (χ0n) is 14.5. The first-order chi connectivity index (χ1) is 11.9. The Kier molecular flexibility index (Phi) is 5.51. The van der Waals surface area contributed by atoms with Crippen LogP contribution in [0.3, 0.4) is 0 Å². The Balaban J connectivity index is 1.61. The number of hydrogen-bond acceptors (Lipinski definition) is 2. The molecular formula is C18H25F3N4. The van der Waals surface area contributed by atoms with Gasteiger partial charge in [0.05, 0.1) is 6.54 Å². The fraction of sp³-hybridized carbons (Fsp3) is 0.611. The SMILES string of the molecule is CCN=C(NC1CCN(CC(F)(F)F)C1)N1CCc2ccccc2C1. The smallest absolute Gasteiger partial charge is 0.352 e. The summed E-state index contributed by atoms with van der Waals surface area (Å²) in [6, 6.07) is 8.40. The van der Waals surface area contributed by atoms with Crippen molar-refractivity contribution in [2.75, 3.05) is 32.7 Å². The van der Waals surface area contributed by atoms with E-state index in [-0.39, 0.29) is 6.04 Å². The fourth-order valence-corrected chi connectivity index (χ4v) is 3.59. The molecule has 1 atom stereocenters. The zero-order chi connectivity index (χ0) is 17.9. The molecule has 7 heteroatoms. The van der Waals surface area contributed by atoms with Crippen LogP contribution in [0, 0.1) is 0 Å². The minimum atomic E-state index is -4.13. The monoisotopic (exact) mass is 354 g/mol. The minimum Gasteiger partial charge on any atom is -0.352 e. The summed E-state index contributed by atoms with van der Waals surface area (Å²) < 4.78 is 37.7. The average molecular weight is 354 g/mol. The van der Waals surface area contributed by atoms with E-state index in [4.69, 9.17) is 0 Å². The summed E-state index contributed by atoms with van der Waals surface area (Å²) >= 11 is 0. The molecule has 1 aromatic rings. The van der Waals surface area contributed by atoms with Crippen LogP contribution in [-0.4, -0.2) is 60.7 Å². The number of aliphatic imine (C=N–C) groups is 1. The molecule has 0 saturated carbocycles. The van der Waals surface area contributed by atoms with E-state index in [0.29, 0.717) is 26.1 Å². The molecule has 2 aliphatic rings. The molecule has 4 nitrogen and oxygen atoms in total. The van der Waals surface area contributed by atoms with Gasteiger partial charge in [0.2, 0.25) is 0 Å². The van der Waals surface area contributed by atoms with Crippen molar-refractivity contribution in [2.45, 2.75) is 38.5 Å². The van der Waals surface area contributed by atoms with Crippen LogP contribution in [0.2, 0.25) is 0 Å². The van der Waals surface area contributed by atoms with E-state index < -0.39 is 12.7 Å². The third-order valence-corrected chi connectivity index (χ3v) is 4.75. The maximum atomic E-state index is 12.6. The van der Waals surface area contributed by atoms with Gasteiger partial charge in [0.15, 0.2) is 5.96 Å². The minimum absolute atomic E-state index is 0.0184. The third-order valence-electron chi connectivity index (χ3n) is 4.75. The summed E-state index contributed by atoms with van der Waals surface area (Å²) in [5, 5.41) is 3.40. The number of rotatable bonds is 3. The van der Waals surface area contributed by atoms with Crippen LogP contribution < -0.4 is 5.32 Å². The molecule has 1 N–H and O–H groups in total. The van der Waals surface area contributed by atoms with Crippen molar-refractivity contribution in [3.8, 4) is 0 Å². The number of hydrogen-bond donors (Lipinski definition) is 1. The van der Waals surface area contributed by atoms with Crippen LogP contribution in [0.5, 0.6) is 0 Å². The number of nitrogens with one attached hydrogen (secondary N) is 1. The standard InChI is InChI=1S/C18H25F3N4/c1-2-22-17(23-16-8-9-24(12-16)13-18(19,20)21)25-10-7-14-5-3-4-6-15(14)11-25/h3-6,16H,2,7-13H2,1H3,(H,22,23). The van der Waals surface area contributed by atoms with E-state index in [1.54, 1.807) is 0 Å². The second kappa shape index (κ2) is 7.64. The van der Waals surface area contributed by atoms with Crippen LogP contribution in [0.15, 0.2) is 29.3 Å². The first kappa shape index (κ1) is 18.0. The van der Waals surface area contributed by atoms with Crippen molar-refractivity contribution in [3.05, 3.63) is 35.4 Å². The van der Waals surface area contributed by atoms with Crippen LogP contribution in [0.4, 0.5) is 13.2 Å². The quantitative estimate of drug-likeness (QED) is 0.669.